The molecule has 0 spiro atoms. The average Bonchev–Trinajstić information content (AvgIpc) is 2.57. The van der Waals surface area contributed by atoms with Crippen molar-refractivity contribution in [2.75, 3.05) is 7.05 Å². The maximum absolute atomic E-state index is 11.9. The largest absolute Gasteiger partial charge is 2.00 e. The third-order valence-corrected chi connectivity index (χ3v) is 4.64. The first-order chi connectivity index (χ1) is 11.3. The van der Waals surface area contributed by atoms with Gasteiger partial charge in [-0.25, -0.2) is 0 Å². The van der Waals surface area contributed by atoms with Crippen LogP contribution < -0.4 is 0 Å². The molecule has 0 N–H and O–H groups in total. The van der Waals surface area contributed by atoms with Crippen molar-refractivity contribution in [1.82, 2.24) is 0 Å². The molecule has 25 heavy (non-hydrogen) atoms. The molecule has 0 bridgehead atoms. The molecule has 1 aromatic carbocycles. The minimum Gasteiger partial charge on any atom is -0.687 e. The molecule has 1 atom stereocenters. The monoisotopic (exact) mass is 405 g/mol. The summed E-state index contributed by atoms with van der Waals surface area (Å²) in [4.78, 5) is 0. The Balaban J connectivity index is 0. The Labute approximate surface area is 168 Å². The smallest absolute Gasteiger partial charge is 0.687 e. The Bertz CT molecular complexity index is 484. The molecule has 1 rings (SSSR count). The van der Waals surface area contributed by atoms with Crippen molar-refractivity contribution in [3.63, 3.8) is 0 Å². The fraction of sp³-hybridized carbons (Fsp3) is 0.600. The van der Waals surface area contributed by atoms with E-state index in [0.29, 0.717) is 0 Å². The first-order valence-electron chi connectivity index (χ1n) is 8.82. The summed E-state index contributed by atoms with van der Waals surface area (Å²) >= 11 is 0. The molecule has 0 saturated heterocycles. The molecule has 0 aliphatic carbocycles. The number of para-hydroxylation sites is 1. The van der Waals surface area contributed by atoms with Crippen molar-refractivity contribution in [2.24, 2.45) is 0 Å². The van der Waals surface area contributed by atoms with Gasteiger partial charge in [0.05, 0.1) is 0 Å². The number of rotatable bonds is 8. The van der Waals surface area contributed by atoms with E-state index in [-0.39, 0.29) is 21.8 Å². The molecule has 0 aliphatic rings. The van der Waals surface area contributed by atoms with Crippen LogP contribution in [0.3, 0.4) is 0 Å². The normalized spacial score (nSPS) is 12.3. The molecular weight excluding hydrogens is 371 g/mol. The zero-order valence-electron chi connectivity index (χ0n) is 16.6. The van der Waals surface area contributed by atoms with Crippen LogP contribution in [0, 0.1) is 0 Å². The predicted molar refractivity (Wildman–Crippen MR) is 109 cm³/mol. The van der Waals surface area contributed by atoms with Gasteiger partial charge in [-0.2, -0.15) is 5.70 Å². The molecule has 0 fully saturated rings. The molecule has 0 heterocycles. The molecule has 0 aromatic heterocycles. The summed E-state index contributed by atoms with van der Waals surface area (Å²) < 4.78 is 16.0. The van der Waals surface area contributed by atoms with Gasteiger partial charge in [0.1, 0.15) is 0 Å². The minimum absolute atomic E-state index is 0. The Morgan fingerprint density at radius 2 is 1.72 bits per heavy atom. The molecule has 1 unspecified atom stereocenters. The van der Waals surface area contributed by atoms with Crippen molar-refractivity contribution in [3.8, 4) is 0 Å². The molecule has 0 aliphatic heterocycles. The zero-order chi connectivity index (χ0) is 18.4. The predicted octanol–water partition coefficient (Wildman–Crippen LogP) is 7.02. The van der Waals surface area contributed by atoms with Gasteiger partial charge in [-0.05, 0) is 33.6 Å². The third-order valence-electron chi connectivity index (χ3n) is 3.19. The number of unbranched alkanes of at least 4 members (excludes halogenated alkanes) is 2. The maximum atomic E-state index is 11.9. The van der Waals surface area contributed by atoms with E-state index < -0.39 is 11.0 Å². The Kier molecular flexibility index (Phi) is 16.4. The number of hydrogen-bond donors (Lipinski definition) is 0. The van der Waals surface area contributed by atoms with Gasteiger partial charge in [0, 0.05) is 4.75 Å². The van der Waals surface area contributed by atoms with Crippen molar-refractivity contribution in [2.45, 2.75) is 71.5 Å². The van der Waals surface area contributed by atoms with Crippen LogP contribution in [-0.2, 0) is 28.1 Å². The van der Waals surface area contributed by atoms with E-state index in [2.05, 4.69) is 30.0 Å². The Hall–Kier alpha value is -0.771. The molecule has 0 saturated carbocycles. The molecular formula is C20H34MnN2OS. The van der Waals surface area contributed by atoms with Crippen LogP contribution in [0.15, 0.2) is 42.1 Å². The summed E-state index contributed by atoms with van der Waals surface area (Å²) in [5, 5.41) is 3.97. The molecule has 0 amide bonds. The van der Waals surface area contributed by atoms with E-state index >= 15 is 0 Å². The molecule has 1 radical (unpaired) electrons. The fourth-order valence-corrected chi connectivity index (χ4v) is 2.33. The van der Waals surface area contributed by atoms with Crippen molar-refractivity contribution in [1.29, 1.82) is 0 Å². The first-order valence-corrected chi connectivity index (χ1v) is 9.93. The van der Waals surface area contributed by atoms with Gasteiger partial charge in [0.2, 0.25) is 0 Å². The second kappa shape index (κ2) is 15.5. The van der Waals surface area contributed by atoms with Crippen LogP contribution in [0.2, 0.25) is 0 Å². The van der Waals surface area contributed by atoms with Crippen molar-refractivity contribution < 1.29 is 21.3 Å². The maximum Gasteiger partial charge on any atom is 2.00 e. The zero-order valence-corrected chi connectivity index (χ0v) is 18.6. The summed E-state index contributed by atoms with van der Waals surface area (Å²) in [6, 6.07) is 9.87. The first kappa shape index (κ1) is 26.5. The van der Waals surface area contributed by atoms with Gasteiger partial charge in [0.25, 0.3) is 0 Å². The number of benzene rings is 1. The molecule has 1 aromatic rings. The van der Waals surface area contributed by atoms with E-state index in [1.807, 2.05) is 51.1 Å². The van der Waals surface area contributed by atoms with Crippen molar-refractivity contribution >= 4 is 16.7 Å². The van der Waals surface area contributed by atoms with E-state index in [4.69, 9.17) is 0 Å². The average molecular weight is 406 g/mol. The van der Waals surface area contributed by atoms with Crippen LogP contribution in [-0.4, -0.2) is 16.0 Å². The van der Waals surface area contributed by atoms with Crippen LogP contribution in [0.1, 0.15) is 66.7 Å². The second-order valence-corrected chi connectivity index (χ2v) is 8.51. The van der Waals surface area contributed by atoms with Crippen LogP contribution in [0.4, 0.5) is 5.69 Å². The van der Waals surface area contributed by atoms with Crippen molar-refractivity contribution in [3.05, 3.63) is 52.1 Å². The number of allylic oxidation sites excluding steroid dienone is 2. The van der Waals surface area contributed by atoms with E-state index in [1.165, 1.54) is 0 Å². The number of hydrogen-bond acceptors (Lipinski definition) is 1. The Morgan fingerprint density at radius 3 is 2.12 bits per heavy atom. The molecule has 5 heteroatoms. The van der Waals surface area contributed by atoms with E-state index in [1.54, 1.807) is 7.05 Å². The third kappa shape index (κ3) is 14.1. The molecule has 3 nitrogen and oxygen atoms in total. The van der Waals surface area contributed by atoms with Crippen LogP contribution in [0.25, 0.3) is 10.0 Å². The van der Waals surface area contributed by atoms with Gasteiger partial charge in [0.15, 0.2) is 0 Å². The topological polar surface area (TPSA) is 45.3 Å². The van der Waals surface area contributed by atoms with Gasteiger partial charge in [-0.1, -0.05) is 74.4 Å². The van der Waals surface area contributed by atoms with Gasteiger partial charge in [-0.3, -0.25) is 4.21 Å². The summed E-state index contributed by atoms with van der Waals surface area (Å²) in [7, 11) is 0.669. The minimum atomic E-state index is -1.12. The van der Waals surface area contributed by atoms with Crippen LogP contribution in [0.5, 0.6) is 0 Å². The second-order valence-electron chi connectivity index (χ2n) is 6.60. The standard InChI is InChI=1S/C13H26NOS.C7H8N.Mn/c1-6-8-10-12(11-9-7-2)14-16(15)13(3,4)5;1-8-7-5-3-2-4-6-7;/h10H,6-9,11H2,1-5H3;2-6H,1H3;/q2*-1;+2/b12-10-;;. The number of nitrogens with zero attached hydrogens (tertiary/aromatic N) is 2. The fourth-order valence-electron chi connectivity index (χ4n) is 1.67. The Morgan fingerprint density at radius 1 is 1.12 bits per heavy atom. The summed E-state index contributed by atoms with van der Waals surface area (Å²) in [6.07, 6.45) is 7.52. The van der Waals surface area contributed by atoms with Gasteiger partial charge in [-0.15, -0.1) is 18.8 Å². The van der Waals surface area contributed by atoms with E-state index in [0.717, 1.165) is 43.5 Å². The summed E-state index contributed by atoms with van der Waals surface area (Å²) in [5.74, 6) is 0. The summed E-state index contributed by atoms with van der Waals surface area (Å²) in [6.45, 7) is 10.2. The van der Waals surface area contributed by atoms with Gasteiger partial charge < -0.3 is 10.0 Å². The van der Waals surface area contributed by atoms with Gasteiger partial charge >= 0.3 is 17.1 Å². The quantitative estimate of drug-likeness (QED) is 0.429. The van der Waals surface area contributed by atoms with Crippen LogP contribution >= 0.6 is 0 Å². The van der Waals surface area contributed by atoms with E-state index in [9.17, 15) is 4.21 Å². The SMILES string of the molecule is CCC/C=C(/CCCC)[N-]S(=O)C(C)(C)C.C[N-]c1ccccc1.[Mn+2]. The molecule has 143 valence electrons. The summed E-state index contributed by atoms with van der Waals surface area (Å²) in [5.41, 5.74) is 2.06.